The van der Waals surface area contributed by atoms with Gasteiger partial charge in [-0.25, -0.2) is 4.79 Å². The highest BCUT2D eigenvalue weighted by Crippen LogP contribution is 2.44. The fourth-order valence-corrected chi connectivity index (χ4v) is 3.89. The van der Waals surface area contributed by atoms with Gasteiger partial charge in [0.15, 0.2) is 23.3 Å². The lowest BCUT2D eigenvalue weighted by Gasteiger charge is -2.24. The number of carbonyl (C=O) groups is 3. The monoisotopic (exact) mass is 360 g/mol. The van der Waals surface area contributed by atoms with Gasteiger partial charge >= 0.3 is 5.97 Å². The molecule has 6 heteroatoms. The Bertz CT molecular complexity index is 747. The van der Waals surface area contributed by atoms with E-state index in [1.807, 2.05) is 0 Å². The lowest BCUT2D eigenvalue weighted by Crippen LogP contribution is -2.42. The molecule has 0 aromatic carbocycles. The van der Waals surface area contributed by atoms with Crippen molar-refractivity contribution >= 4 is 17.5 Å². The van der Waals surface area contributed by atoms with Gasteiger partial charge in [0.25, 0.3) is 0 Å². The maximum Gasteiger partial charge on any atom is 0.334 e. The first kappa shape index (κ1) is 18.7. The third-order valence-corrected chi connectivity index (χ3v) is 5.60. The SMILES string of the molecule is C=C(C)C1CCC2=C[C@H](OC2=O)[C@@H](C(=C)C)C(=O)[C@H]2O[C@@]2(C)C(=O)[C@H]1O. The Morgan fingerprint density at radius 3 is 2.46 bits per heavy atom. The maximum atomic E-state index is 13.0. The van der Waals surface area contributed by atoms with Crippen LogP contribution >= 0.6 is 0 Å². The predicted molar refractivity (Wildman–Crippen MR) is 93.1 cm³/mol. The summed E-state index contributed by atoms with van der Waals surface area (Å²) in [7, 11) is 0. The zero-order chi connectivity index (χ0) is 19.4. The minimum atomic E-state index is -1.37. The van der Waals surface area contributed by atoms with Gasteiger partial charge in [-0.05, 0) is 39.7 Å². The van der Waals surface area contributed by atoms with Gasteiger partial charge in [0.2, 0.25) is 0 Å². The first-order chi connectivity index (χ1) is 12.1. The third-order valence-electron chi connectivity index (χ3n) is 5.60. The normalized spacial score (nSPS) is 39.9. The zero-order valence-electron chi connectivity index (χ0n) is 15.3. The molecular weight excluding hydrogens is 336 g/mol. The van der Waals surface area contributed by atoms with E-state index in [-0.39, 0.29) is 5.78 Å². The number of rotatable bonds is 2. The molecule has 0 saturated carbocycles. The van der Waals surface area contributed by atoms with Gasteiger partial charge in [-0.3, -0.25) is 9.59 Å². The van der Waals surface area contributed by atoms with Crippen molar-refractivity contribution in [3.05, 3.63) is 36.0 Å². The van der Waals surface area contributed by atoms with E-state index in [2.05, 4.69) is 13.2 Å². The minimum Gasteiger partial charge on any atom is -0.454 e. The molecule has 1 unspecified atom stereocenters. The Kier molecular flexibility index (Phi) is 4.53. The van der Waals surface area contributed by atoms with E-state index in [0.29, 0.717) is 29.6 Å². The van der Waals surface area contributed by atoms with E-state index >= 15 is 0 Å². The van der Waals surface area contributed by atoms with Gasteiger partial charge in [0.05, 0.1) is 5.92 Å². The number of fused-ring (bicyclic) bond motifs is 2. The molecule has 0 spiro atoms. The third kappa shape index (κ3) is 2.87. The van der Waals surface area contributed by atoms with Gasteiger partial charge in [-0.2, -0.15) is 0 Å². The van der Waals surface area contributed by atoms with E-state index in [0.717, 1.165) is 0 Å². The van der Waals surface area contributed by atoms with Crippen molar-refractivity contribution in [3.8, 4) is 0 Å². The average Bonchev–Trinajstić information content (AvgIpc) is 3.12. The molecule has 6 nitrogen and oxygen atoms in total. The number of ketones is 2. The van der Waals surface area contributed by atoms with E-state index < -0.39 is 47.5 Å². The smallest absolute Gasteiger partial charge is 0.334 e. The largest absolute Gasteiger partial charge is 0.454 e. The van der Waals surface area contributed by atoms with Gasteiger partial charge in [0.1, 0.15) is 12.2 Å². The molecule has 3 aliphatic rings. The second-order valence-corrected chi connectivity index (χ2v) is 7.69. The first-order valence-electron chi connectivity index (χ1n) is 8.74. The van der Waals surface area contributed by atoms with Crippen molar-refractivity contribution in [2.24, 2.45) is 11.8 Å². The minimum absolute atomic E-state index is 0.329. The van der Waals surface area contributed by atoms with Crippen LogP contribution in [0.3, 0.4) is 0 Å². The first-order valence-corrected chi connectivity index (χ1v) is 8.74. The number of epoxide rings is 1. The summed E-state index contributed by atoms with van der Waals surface area (Å²) in [6, 6.07) is 0. The average molecular weight is 360 g/mol. The lowest BCUT2D eigenvalue weighted by molar-refractivity contribution is -0.143. The van der Waals surface area contributed by atoms with Crippen molar-refractivity contribution in [2.45, 2.75) is 57.5 Å². The maximum absolute atomic E-state index is 13.0. The molecule has 0 radical (unpaired) electrons. The van der Waals surface area contributed by atoms with Crippen LogP contribution < -0.4 is 0 Å². The molecule has 2 heterocycles. The number of hydrogen-bond donors (Lipinski definition) is 1. The van der Waals surface area contributed by atoms with E-state index in [1.54, 1.807) is 19.9 Å². The van der Waals surface area contributed by atoms with Crippen LogP contribution in [0.1, 0.15) is 33.6 Å². The highest BCUT2D eigenvalue weighted by Gasteiger charge is 2.65. The molecule has 1 aliphatic carbocycles. The summed E-state index contributed by atoms with van der Waals surface area (Å²) in [6.45, 7) is 12.6. The molecule has 0 amide bonds. The number of hydrogen-bond acceptors (Lipinski definition) is 6. The van der Waals surface area contributed by atoms with Crippen molar-refractivity contribution in [1.29, 1.82) is 0 Å². The molecule has 140 valence electrons. The molecule has 1 saturated heterocycles. The van der Waals surface area contributed by atoms with Crippen molar-refractivity contribution in [1.82, 2.24) is 0 Å². The Hall–Kier alpha value is -2.05. The van der Waals surface area contributed by atoms with Crippen LogP contribution in [0.25, 0.3) is 0 Å². The highest BCUT2D eigenvalue weighted by atomic mass is 16.6. The molecule has 1 N–H and O–H groups in total. The highest BCUT2D eigenvalue weighted by molar-refractivity contribution is 6.04. The van der Waals surface area contributed by atoms with Gasteiger partial charge < -0.3 is 14.6 Å². The van der Waals surface area contributed by atoms with Crippen LogP contribution in [0.4, 0.5) is 0 Å². The fourth-order valence-electron chi connectivity index (χ4n) is 3.89. The molecular formula is C20H24O6. The molecule has 26 heavy (non-hydrogen) atoms. The number of ether oxygens (including phenoxy) is 2. The number of aliphatic hydroxyl groups excluding tert-OH is 1. The van der Waals surface area contributed by atoms with E-state index in [1.165, 1.54) is 6.92 Å². The van der Waals surface area contributed by atoms with Crippen LogP contribution in [-0.2, 0) is 23.9 Å². The Labute approximate surface area is 152 Å². The Morgan fingerprint density at radius 2 is 1.88 bits per heavy atom. The molecule has 6 atom stereocenters. The summed E-state index contributed by atoms with van der Waals surface area (Å²) >= 11 is 0. The molecule has 1 fully saturated rings. The number of aliphatic hydroxyl groups is 1. The van der Waals surface area contributed by atoms with Crippen LogP contribution in [0.5, 0.6) is 0 Å². The molecule has 2 aliphatic heterocycles. The molecule has 0 aromatic heterocycles. The Morgan fingerprint density at radius 1 is 1.23 bits per heavy atom. The van der Waals surface area contributed by atoms with Gasteiger partial charge in [-0.1, -0.05) is 24.3 Å². The fraction of sp³-hybridized carbons (Fsp3) is 0.550. The lowest BCUT2D eigenvalue weighted by atomic mass is 9.79. The van der Waals surface area contributed by atoms with Crippen LogP contribution in [-0.4, -0.2) is 46.6 Å². The van der Waals surface area contributed by atoms with E-state index in [9.17, 15) is 19.5 Å². The van der Waals surface area contributed by atoms with Gasteiger partial charge in [0, 0.05) is 11.5 Å². The van der Waals surface area contributed by atoms with E-state index in [4.69, 9.17) is 9.47 Å². The molecule has 3 rings (SSSR count). The number of esters is 1. The Balaban J connectivity index is 2.03. The second kappa shape index (κ2) is 6.28. The van der Waals surface area contributed by atoms with Crippen molar-refractivity contribution < 1.29 is 29.0 Å². The van der Waals surface area contributed by atoms with Gasteiger partial charge in [-0.15, -0.1) is 0 Å². The summed E-state index contributed by atoms with van der Waals surface area (Å²) in [5.74, 6) is -2.66. The second-order valence-electron chi connectivity index (χ2n) is 7.69. The van der Waals surface area contributed by atoms with Crippen molar-refractivity contribution in [2.75, 3.05) is 0 Å². The number of carbonyl (C=O) groups excluding carboxylic acids is 3. The van der Waals surface area contributed by atoms with Crippen LogP contribution in [0.15, 0.2) is 36.0 Å². The zero-order valence-corrected chi connectivity index (χ0v) is 15.3. The van der Waals surface area contributed by atoms with Crippen LogP contribution in [0.2, 0.25) is 0 Å². The molecule has 2 bridgehead atoms. The summed E-state index contributed by atoms with van der Waals surface area (Å²) in [6.07, 6.45) is -0.694. The molecule has 0 aromatic rings. The predicted octanol–water partition coefficient (Wildman–Crippen LogP) is 1.67. The summed E-state index contributed by atoms with van der Waals surface area (Å²) in [4.78, 5) is 38.0. The summed E-state index contributed by atoms with van der Waals surface area (Å²) in [5, 5.41) is 10.6. The summed E-state index contributed by atoms with van der Waals surface area (Å²) in [5.41, 5.74) is 0.248. The summed E-state index contributed by atoms with van der Waals surface area (Å²) < 4.78 is 10.9. The number of Topliss-reactive ketones (excluding diaryl/α,β-unsaturated/α-hetero) is 2. The quantitative estimate of drug-likeness (QED) is 0.457. The topological polar surface area (TPSA) is 93.2 Å². The van der Waals surface area contributed by atoms with Crippen LogP contribution in [0, 0.1) is 11.8 Å². The van der Waals surface area contributed by atoms with Crippen molar-refractivity contribution in [3.63, 3.8) is 0 Å². The standard InChI is InChI=1S/C20H24O6/c1-9(2)12-7-6-11-8-13(25-19(11)24)14(10(3)4)16(22)18-20(5,26-18)17(23)15(12)21/h8,12-15,18,21H,1,3,6-7H2,2,4-5H3/t12?,13-,14+,15-,18+,20-/m0/s1.